The lowest BCUT2D eigenvalue weighted by molar-refractivity contribution is -0.131. The summed E-state index contributed by atoms with van der Waals surface area (Å²) in [6, 6.07) is 11.2. The highest BCUT2D eigenvalue weighted by Gasteiger charge is 2.54. The minimum Gasteiger partial charge on any atom is -0.481 e. The van der Waals surface area contributed by atoms with Crippen molar-refractivity contribution in [1.29, 1.82) is 0 Å². The van der Waals surface area contributed by atoms with Crippen molar-refractivity contribution in [2.45, 2.75) is 44.6 Å². The van der Waals surface area contributed by atoms with E-state index in [0.29, 0.717) is 36.0 Å². The standard InChI is InChI=1S/C32H32ClF3N6O5/c1-18-16-40(23-13-27(45-3)38-15-22(23)33)12-11-25(18)47-26-10-9-21(14-37-26)42-28(19(2)29(39-42)32(34,35)36)30(43)41-24(17-46-31(41)44)20-7-5-4-6-8-20/h4-10,13-15,18-19,24-25,28H,11-12,16-17H2,1-3H3/t18?,19?,24?,25-,28?/m0/s1. The van der Waals surface area contributed by atoms with Gasteiger partial charge in [-0.1, -0.05) is 55.8 Å². The number of hydrogen-bond donors (Lipinski definition) is 0. The predicted molar refractivity (Wildman–Crippen MR) is 167 cm³/mol. The molecule has 11 nitrogen and oxygen atoms in total. The zero-order chi connectivity index (χ0) is 33.5. The molecule has 2 fully saturated rings. The van der Waals surface area contributed by atoms with Gasteiger partial charge < -0.3 is 19.1 Å². The topological polar surface area (TPSA) is 110 Å². The molecule has 3 aromatic rings. The molecule has 3 aliphatic rings. The molecular weight excluding hydrogens is 641 g/mol. The molecule has 2 aromatic heterocycles. The highest BCUT2D eigenvalue weighted by molar-refractivity contribution is 6.33. The van der Waals surface area contributed by atoms with E-state index in [1.165, 1.54) is 32.4 Å². The highest BCUT2D eigenvalue weighted by Crippen LogP contribution is 2.39. The quantitative estimate of drug-likeness (QED) is 0.303. The van der Waals surface area contributed by atoms with E-state index >= 15 is 0 Å². The number of halogens is 4. The number of aromatic nitrogens is 2. The fourth-order valence-electron chi connectivity index (χ4n) is 6.22. The molecule has 0 saturated carbocycles. The van der Waals surface area contributed by atoms with Crippen molar-refractivity contribution in [2.24, 2.45) is 16.9 Å². The van der Waals surface area contributed by atoms with Gasteiger partial charge in [-0.3, -0.25) is 9.80 Å². The molecule has 47 heavy (non-hydrogen) atoms. The fraction of sp³-hybridized carbons (Fsp3) is 0.406. The van der Waals surface area contributed by atoms with Crippen molar-refractivity contribution in [2.75, 3.05) is 36.7 Å². The number of rotatable bonds is 7. The number of cyclic esters (lactones) is 1. The number of imide groups is 1. The maximum Gasteiger partial charge on any atom is 0.431 e. The number of amides is 2. The third kappa shape index (κ3) is 6.38. The number of methoxy groups -OCH3 is 1. The number of carbonyl (C=O) groups is 2. The first-order valence-electron chi connectivity index (χ1n) is 15.0. The Morgan fingerprint density at radius 1 is 1.06 bits per heavy atom. The molecule has 0 spiro atoms. The van der Waals surface area contributed by atoms with Crippen LogP contribution < -0.4 is 19.4 Å². The second-order valence-electron chi connectivity index (χ2n) is 11.7. The van der Waals surface area contributed by atoms with E-state index in [4.69, 9.17) is 25.8 Å². The smallest absolute Gasteiger partial charge is 0.431 e. The number of hydrazone groups is 1. The second-order valence-corrected chi connectivity index (χ2v) is 12.1. The van der Waals surface area contributed by atoms with E-state index in [-0.39, 0.29) is 30.2 Å². The van der Waals surface area contributed by atoms with E-state index in [0.717, 1.165) is 15.6 Å². The molecule has 6 rings (SSSR count). The van der Waals surface area contributed by atoms with Gasteiger partial charge in [-0.25, -0.2) is 19.7 Å². The molecule has 0 bridgehead atoms. The Bertz CT molecular complexity index is 1660. The van der Waals surface area contributed by atoms with Gasteiger partial charge in [0.1, 0.15) is 30.5 Å². The Kier molecular flexibility index (Phi) is 8.88. The zero-order valence-corrected chi connectivity index (χ0v) is 26.5. The molecule has 5 heterocycles. The van der Waals surface area contributed by atoms with Crippen LogP contribution in [-0.4, -0.2) is 77.7 Å². The number of hydrogen-bond acceptors (Lipinski definition) is 10. The van der Waals surface area contributed by atoms with Gasteiger partial charge in [0.15, 0.2) is 0 Å². The second kappa shape index (κ2) is 12.9. The van der Waals surface area contributed by atoms with Crippen LogP contribution in [0.25, 0.3) is 0 Å². The monoisotopic (exact) mass is 672 g/mol. The van der Waals surface area contributed by atoms with Crippen LogP contribution in [0.4, 0.5) is 29.3 Å². The Labute approximate surface area is 273 Å². The molecule has 0 radical (unpaired) electrons. The average molecular weight is 673 g/mol. The molecule has 1 aromatic carbocycles. The van der Waals surface area contributed by atoms with E-state index in [2.05, 4.69) is 20.0 Å². The first-order chi connectivity index (χ1) is 22.5. The first-order valence-corrected chi connectivity index (χ1v) is 15.4. The molecule has 2 amide bonds. The van der Waals surface area contributed by atoms with Crippen molar-refractivity contribution in [3.8, 4) is 11.8 Å². The van der Waals surface area contributed by atoms with Gasteiger partial charge in [-0.2, -0.15) is 18.3 Å². The van der Waals surface area contributed by atoms with Crippen LogP contribution in [0.3, 0.4) is 0 Å². The van der Waals surface area contributed by atoms with Crippen molar-refractivity contribution in [3.63, 3.8) is 0 Å². The molecule has 0 N–H and O–H groups in total. The van der Waals surface area contributed by atoms with E-state index in [9.17, 15) is 22.8 Å². The molecule has 3 aliphatic heterocycles. The maximum absolute atomic E-state index is 14.1. The van der Waals surface area contributed by atoms with Crippen LogP contribution in [0.15, 0.2) is 66.0 Å². The molecule has 4 unspecified atom stereocenters. The summed E-state index contributed by atoms with van der Waals surface area (Å²) in [5.74, 6) is -1.45. The van der Waals surface area contributed by atoms with Gasteiger partial charge in [0.2, 0.25) is 11.8 Å². The Morgan fingerprint density at radius 2 is 1.81 bits per heavy atom. The van der Waals surface area contributed by atoms with Crippen molar-refractivity contribution >= 4 is 40.7 Å². The van der Waals surface area contributed by atoms with E-state index in [1.54, 1.807) is 42.6 Å². The molecule has 248 valence electrons. The van der Waals surface area contributed by atoms with Crippen molar-refractivity contribution in [3.05, 3.63) is 71.5 Å². The Hall–Kier alpha value is -4.59. The van der Waals surface area contributed by atoms with Gasteiger partial charge >= 0.3 is 12.3 Å². The summed E-state index contributed by atoms with van der Waals surface area (Å²) in [4.78, 5) is 38.2. The van der Waals surface area contributed by atoms with Crippen molar-refractivity contribution in [1.82, 2.24) is 14.9 Å². The zero-order valence-electron chi connectivity index (χ0n) is 25.7. The lowest BCUT2D eigenvalue weighted by atomic mass is 9.95. The summed E-state index contributed by atoms with van der Waals surface area (Å²) in [6.45, 7) is 4.48. The van der Waals surface area contributed by atoms with E-state index in [1.807, 2.05) is 6.92 Å². The van der Waals surface area contributed by atoms with Gasteiger partial charge in [-0.05, 0) is 11.6 Å². The summed E-state index contributed by atoms with van der Waals surface area (Å²) in [5.41, 5.74) is 0.432. The number of carbonyl (C=O) groups excluding carboxylic acids is 2. The number of anilines is 2. The normalized spacial score (nSPS) is 24.7. The number of pyridine rings is 2. The number of alkyl halides is 3. The first kappa shape index (κ1) is 32.4. The van der Waals surface area contributed by atoms with Crippen LogP contribution in [0, 0.1) is 11.8 Å². The van der Waals surface area contributed by atoms with Gasteiger partial charge in [0.05, 0.1) is 35.9 Å². The largest absolute Gasteiger partial charge is 0.481 e. The Morgan fingerprint density at radius 3 is 2.47 bits per heavy atom. The highest BCUT2D eigenvalue weighted by atomic mass is 35.5. The number of piperidine rings is 1. The third-order valence-electron chi connectivity index (χ3n) is 8.67. The van der Waals surface area contributed by atoms with Gasteiger partial charge in [0.25, 0.3) is 5.91 Å². The SMILES string of the molecule is COc1cc(N2CC[C@H](Oc3ccc(N4N=C(C(F)(F)F)C(C)C4C(=O)N4C(=O)OCC4c4ccccc4)cn3)C(C)C2)c(Cl)cn1. The van der Waals surface area contributed by atoms with Crippen molar-refractivity contribution < 1.29 is 37.0 Å². The molecule has 0 aliphatic carbocycles. The predicted octanol–water partition coefficient (Wildman–Crippen LogP) is 5.90. The van der Waals surface area contributed by atoms with Crippen LogP contribution in [0.1, 0.15) is 31.9 Å². The third-order valence-corrected chi connectivity index (χ3v) is 8.96. The average Bonchev–Trinajstić information content (AvgIpc) is 3.62. The van der Waals surface area contributed by atoms with Crippen LogP contribution in [0.2, 0.25) is 5.02 Å². The summed E-state index contributed by atoms with van der Waals surface area (Å²) in [6.07, 6.45) is -2.41. The Balaban J connectivity index is 1.20. The summed E-state index contributed by atoms with van der Waals surface area (Å²) in [5, 5.41) is 5.33. The minimum atomic E-state index is -4.80. The number of benzene rings is 1. The fourth-order valence-corrected chi connectivity index (χ4v) is 6.45. The van der Waals surface area contributed by atoms with Gasteiger partial charge in [0, 0.05) is 43.5 Å². The summed E-state index contributed by atoms with van der Waals surface area (Å²) < 4.78 is 58.8. The molecule has 5 atom stereocenters. The van der Waals surface area contributed by atoms with E-state index < -0.39 is 41.9 Å². The number of nitrogens with zero attached hydrogens (tertiary/aromatic N) is 6. The van der Waals surface area contributed by atoms with Crippen LogP contribution >= 0.6 is 11.6 Å². The molecule has 15 heteroatoms. The molecular formula is C32H32ClF3N6O5. The minimum absolute atomic E-state index is 0.0682. The molecule has 2 saturated heterocycles. The van der Waals surface area contributed by atoms with Crippen LogP contribution in [-0.2, 0) is 9.53 Å². The lowest BCUT2D eigenvalue weighted by Gasteiger charge is -2.38. The van der Waals surface area contributed by atoms with Gasteiger partial charge in [-0.15, -0.1) is 0 Å². The summed E-state index contributed by atoms with van der Waals surface area (Å²) >= 11 is 6.40. The van der Waals surface area contributed by atoms with Crippen LogP contribution in [0.5, 0.6) is 11.8 Å². The summed E-state index contributed by atoms with van der Waals surface area (Å²) in [7, 11) is 1.54. The number of ether oxygens (including phenoxy) is 3. The lowest BCUT2D eigenvalue weighted by Crippen LogP contribution is -2.50. The maximum atomic E-state index is 14.1.